The maximum absolute atomic E-state index is 11.5. The second-order valence-corrected chi connectivity index (χ2v) is 4.41. The highest BCUT2D eigenvalue weighted by Gasteiger charge is 2.42. The minimum absolute atomic E-state index is 0. The number of aromatic nitrogens is 4. The molecule has 0 aromatic carbocycles. The molecule has 1 aliphatic carbocycles. The third-order valence-corrected chi connectivity index (χ3v) is 3.34. The summed E-state index contributed by atoms with van der Waals surface area (Å²) in [5.41, 5.74) is 0.122. The topological polar surface area (TPSA) is 156 Å². The molecular formula is C10H14N4O5. The lowest BCUT2D eigenvalue weighted by Crippen LogP contribution is -2.31. The molecular weight excluding hydrogens is 256 g/mol. The van der Waals surface area contributed by atoms with Crippen molar-refractivity contribution in [3.8, 4) is 0 Å². The Hall–Kier alpha value is -1.81. The van der Waals surface area contributed by atoms with Crippen LogP contribution in [0.25, 0.3) is 11.2 Å². The quantitative estimate of drug-likeness (QED) is 0.442. The first kappa shape index (κ1) is 13.6. The van der Waals surface area contributed by atoms with E-state index in [9.17, 15) is 20.1 Å². The molecule has 0 amide bonds. The highest BCUT2D eigenvalue weighted by Crippen LogP contribution is 2.32. The number of H-pyrrole nitrogens is 1. The fourth-order valence-electron chi connectivity index (χ4n) is 2.37. The first-order chi connectivity index (χ1) is 8.59. The molecule has 3 rings (SSSR count). The van der Waals surface area contributed by atoms with Gasteiger partial charge in [0.25, 0.3) is 5.56 Å². The van der Waals surface area contributed by atoms with Gasteiger partial charge in [0.2, 0.25) is 0 Å². The Balaban J connectivity index is 0.00000133. The molecule has 0 aliphatic heterocycles. The van der Waals surface area contributed by atoms with Crippen LogP contribution in [0, 0.1) is 0 Å². The molecule has 9 nitrogen and oxygen atoms in total. The molecule has 1 aliphatic rings. The standard InChI is InChI=1S/C10H12N4O4.H2O/c15-5-1-4(7(16)8(5)17)14-3-13-6-9(14)11-2-12-10(6)18;/h2-5,7-8,15-17H,1H2,(H,11,12,18);1H2. The van der Waals surface area contributed by atoms with Crippen LogP contribution in [0.4, 0.5) is 0 Å². The number of hydrogen-bond acceptors (Lipinski definition) is 6. The summed E-state index contributed by atoms with van der Waals surface area (Å²) >= 11 is 0. The van der Waals surface area contributed by atoms with Crippen molar-refractivity contribution in [1.82, 2.24) is 19.5 Å². The maximum Gasteiger partial charge on any atom is 0.278 e. The van der Waals surface area contributed by atoms with E-state index < -0.39 is 24.4 Å². The van der Waals surface area contributed by atoms with Gasteiger partial charge in [0.15, 0.2) is 11.2 Å². The molecule has 2 aromatic rings. The summed E-state index contributed by atoms with van der Waals surface area (Å²) < 4.78 is 1.51. The van der Waals surface area contributed by atoms with Gasteiger partial charge in [-0.15, -0.1) is 0 Å². The van der Waals surface area contributed by atoms with Crippen molar-refractivity contribution < 1.29 is 20.8 Å². The molecule has 9 heteroatoms. The van der Waals surface area contributed by atoms with Crippen LogP contribution in [0.1, 0.15) is 12.5 Å². The van der Waals surface area contributed by atoms with Gasteiger partial charge in [0, 0.05) is 0 Å². The molecule has 1 saturated carbocycles. The second-order valence-electron chi connectivity index (χ2n) is 4.41. The van der Waals surface area contributed by atoms with E-state index in [0.29, 0.717) is 5.65 Å². The molecule has 1 fully saturated rings. The predicted octanol–water partition coefficient (Wildman–Crippen LogP) is -2.68. The van der Waals surface area contributed by atoms with E-state index in [4.69, 9.17) is 0 Å². The van der Waals surface area contributed by atoms with E-state index in [0.717, 1.165) is 0 Å². The number of fused-ring (bicyclic) bond motifs is 1. The normalized spacial score (nSPS) is 30.5. The van der Waals surface area contributed by atoms with Crippen molar-refractivity contribution in [2.24, 2.45) is 0 Å². The van der Waals surface area contributed by atoms with Crippen molar-refractivity contribution in [2.75, 3.05) is 0 Å². The van der Waals surface area contributed by atoms with Gasteiger partial charge in [0.05, 0.1) is 24.8 Å². The summed E-state index contributed by atoms with van der Waals surface area (Å²) in [5.74, 6) is 0. The monoisotopic (exact) mass is 270 g/mol. The zero-order valence-electron chi connectivity index (χ0n) is 9.76. The predicted molar refractivity (Wildman–Crippen MR) is 63.4 cm³/mol. The Labute approximate surface area is 106 Å². The van der Waals surface area contributed by atoms with Gasteiger partial charge >= 0.3 is 0 Å². The third-order valence-electron chi connectivity index (χ3n) is 3.34. The Kier molecular flexibility index (Phi) is 3.37. The van der Waals surface area contributed by atoms with Crippen LogP contribution in [-0.2, 0) is 0 Å². The summed E-state index contributed by atoms with van der Waals surface area (Å²) in [6, 6.07) is -0.547. The van der Waals surface area contributed by atoms with Crippen molar-refractivity contribution >= 4 is 11.2 Å². The molecule has 0 bridgehead atoms. The first-order valence-electron chi connectivity index (χ1n) is 5.54. The number of aliphatic hydroxyl groups excluding tert-OH is 3. The van der Waals surface area contributed by atoms with E-state index in [2.05, 4.69) is 15.0 Å². The number of nitrogens with zero attached hydrogens (tertiary/aromatic N) is 3. The van der Waals surface area contributed by atoms with Crippen molar-refractivity contribution in [3.63, 3.8) is 0 Å². The van der Waals surface area contributed by atoms with Crippen molar-refractivity contribution in [2.45, 2.75) is 30.8 Å². The van der Waals surface area contributed by atoms with Gasteiger partial charge in [-0.05, 0) is 6.42 Å². The molecule has 4 atom stereocenters. The second kappa shape index (κ2) is 4.70. The van der Waals surface area contributed by atoms with Crippen LogP contribution in [0.2, 0.25) is 0 Å². The number of hydrogen-bond donors (Lipinski definition) is 4. The van der Waals surface area contributed by atoms with Crippen LogP contribution in [0.5, 0.6) is 0 Å². The zero-order valence-corrected chi connectivity index (χ0v) is 9.76. The molecule has 2 heterocycles. The molecule has 2 aromatic heterocycles. The van der Waals surface area contributed by atoms with E-state index in [-0.39, 0.29) is 23.0 Å². The minimum atomic E-state index is -1.20. The average Bonchev–Trinajstić information content (AvgIpc) is 2.88. The molecule has 6 N–H and O–H groups in total. The van der Waals surface area contributed by atoms with Crippen LogP contribution in [0.15, 0.2) is 17.4 Å². The average molecular weight is 270 g/mol. The Morgan fingerprint density at radius 1 is 1.26 bits per heavy atom. The highest BCUT2D eigenvalue weighted by molar-refractivity contribution is 5.69. The number of nitrogens with one attached hydrogen (secondary N) is 1. The summed E-state index contributed by atoms with van der Waals surface area (Å²) in [4.78, 5) is 21.8. The van der Waals surface area contributed by atoms with E-state index in [1.165, 1.54) is 17.2 Å². The smallest absolute Gasteiger partial charge is 0.278 e. The summed E-state index contributed by atoms with van der Waals surface area (Å²) in [6.07, 6.45) is -0.498. The Morgan fingerprint density at radius 3 is 2.63 bits per heavy atom. The van der Waals surface area contributed by atoms with Gasteiger partial charge in [-0.2, -0.15) is 0 Å². The van der Waals surface area contributed by atoms with Crippen LogP contribution in [-0.4, -0.2) is 58.6 Å². The van der Waals surface area contributed by atoms with Crippen molar-refractivity contribution in [1.29, 1.82) is 0 Å². The third kappa shape index (κ3) is 1.92. The maximum atomic E-state index is 11.5. The van der Waals surface area contributed by atoms with Gasteiger partial charge in [0.1, 0.15) is 12.2 Å². The molecule has 104 valence electrons. The van der Waals surface area contributed by atoms with E-state index >= 15 is 0 Å². The minimum Gasteiger partial charge on any atom is -0.412 e. The number of aliphatic hydroxyl groups is 3. The molecule has 0 spiro atoms. The lowest BCUT2D eigenvalue weighted by molar-refractivity contribution is -0.0244. The van der Waals surface area contributed by atoms with Gasteiger partial charge < -0.3 is 30.3 Å². The number of aromatic amines is 1. The van der Waals surface area contributed by atoms with E-state index in [1.807, 2.05) is 0 Å². The summed E-state index contributed by atoms with van der Waals surface area (Å²) in [7, 11) is 0. The number of rotatable bonds is 1. The molecule has 4 unspecified atom stereocenters. The Bertz CT molecular complexity index is 638. The molecule has 0 radical (unpaired) electrons. The van der Waals surface area contributed by atoms with Crippen LogP contribution < -0.4 is 5.56 Å². The van der Waals surface area contributed by atoms with Gasteiger partial charge in [-0.3, -0.25) is 4.79 Å². The Morgan fingerprint density at radius 2 is 2.00 bits per heavy atom. The van der Waals surface area contributed by atoms with Crippen LogP contribution in [0.3, 0.4) is 0 Å². The highest BCUT2D eigenvalue weighted by atomic mass is 16.4. The largest absolute Gasteiger partial charge is 0.412 e. The lowest BCUT2D eigenvalue weighted by atomic mass is 10.2. The lowest BCUT2D eigenvalue weighted by Gasteiger charge is -2.17. The summed E-state index contributed by atoms with van der Waals surface area (Å²) in [6.45, 7) is 0. The zero-order chi connectivity index (χ0) is 12.9. The van der Waals surface area contributed by atoms with Gasteiger partial charge in [-0.1, -0.05) is 0 Å². The SMILES string of the molecule is O.O=c1[nH]cnc2c1ncn2C1CC(O)C(O)C1O. The van der Waals surface area contributed by atoms with Gasteiger partial charge in [-0.25, -0.2) is 9.97 Å². The van der Waals surface area contributed by atoms with Crippen LogP contribution >= 0.6 is 0 Å². The molecule has 19 heavy (non-hydrogen) atoms. The van der Waals surface area contributed by atoms with Crippen molar-refractivity contribution in [3.05, 3.63) is 23.0 Å². The molecule has 0 saturated heterocycles. The fourth-order valence-corrected chi connectivity index (χ4v) is 2.37. The number of imidazole rings is 1. The fraction of sp³-hybridized carbons (Fsp3) is 0.500. The first-order valence-corrected chi connectivity index (χ1v) is 5.54. The van der Waals surface area contributed by atoms with E-state index in [1.54, 1.807) is 0 Å². The summed E-state index contributed by atoms with van der Waals surface area (Å²) in [5, 5.41) is 28.9.